The molecule has 0 spiro atoms. The molecule has 0 aliphatic heterocycles. The van der Waals surface area contributed by atoms with Gasteiger partial charge in [-0.3, -0.25) is 19.2 Å². The molecule has 2 fully saturated rings. The van der Waals surface area contributed by atoms with Gasteiger partial charge in [0.1, 0.15) is 11.5 Å². The fourth-order valence-electron chi connectivity index (χ4n) is 5.12. The SMILES string of the molecule is CNC(=O)C1C(C(=O)O)C2C(C(=O)O)C(C(=O)Nc3ccc(Oc4ccc(C)cc4)cc3)C12. The van der Waals surface area contributed by atoms with Crippen molar-refractivity contribution in [1.29, 1.82) is 0 Å². The molecule has 4 N–H and O–H groups in total. The number of rotatable bonds is 7. The largest absolute Gasteiger partial charge is 0.481 e. The average molecular weight is 452 g/mol. The highest BCUT2D eigenvalue weighted by molar-refractivity contribution is 5.99. The van der Waals surface area contributed by atoms with Crippen molar-refractivity contribution in [3.05, 3.63) is 54.1 Å². The molecule has 6 unspecified atom stereocenters. The lowest BCUT2D eigenvalue weighted by molar-refractivity contribution is -0.221. The van der Waals surface area contributed by atoms with Crippen LogP contribution in [0.1, 0.15) is 5.56 Å². The molecule has 9 heteroatoms. The predicted molar refractivity (Wildman–Crippen MR) is 117 cm³/mol. The van der Waals surface area contributed by atoms with Crippen LogP contribution >= 0.6 is 0 Å². The second-order valence-corrected chi connectivity index (χ2v) is 8.48. The van der Waals surface area contributed by atoms with Crippen LogP contribution < -0.4 is 15.4 Å². The van der Waals surface area contributed by atoms with Crippen LogP contribution in [0.2, 0.25) is 0 Å². The van der Waals surface area contributed by atoms with Gasteiger partial charge >= 0.3 is 11.9 Å². The second-order valence-electron chi connectivity index (χ2n) is 8.48. The molecule has 2 amide bonds. The lowest BCUT2D eigenvalue weighted by Crippen LogP contribution is -2.73. The monoisotopic (exact) mass is 452 g/mol. The highest BCUT2D eigenvalue weighted by Gasteiger charge is 2.74. The van der Waals surface area contributed by atoms with Crippen LogP contribution in [0.15, 0.2) is 48.5 Å². The number of nitrogens with one attached hydrogen (secondary N) is 2. The number of carbonyl (C=O) groups is 4. The number of ether oxygens (including phenoxy) is 1. The van der Waals surface area contributed by atoms with Gasteiger partial charge in [-0.05, 0) is 55.2 Å². The van der Waals surface area contributed by atoms with E-state index in [0.717, 1.165) is 5.56 Å². The first kappa shape index (κ1) is 22.3. The van der Waals surface area contributed by atoms with E-state index in [4.69, 9.17) is 4.74 Å². The Balaban J connectivity index is 1.47. The van der Waals surface area contributed by atoms with Gasteiger partial charge in [0.05, 0.1) is 23.7 Å². The van der Waals surface area contributed by atoms with Crippen molar-refractivity contribution in [1.82, 2.24) is 5.32 Å². The molecule has 2 aliphatic carbocycles. The topological polar surface area (TPSA) is 142 Å². The molecule has 33 heavy (non-hydrogen) atoms. The van der Waals surface area contributed by atoms with Crippen molar-refractivity contribution in [2.75, 3.05) is 12.4 Å². The molecule has 172 valence electrons. The molecular formula is C24H24N2O7. The zero-order valence-corrected chi connectivity index (χ0v) is 18.0. The predicted octanol–water partition coefficient (Wildman–Crippen LogP) is 2.37. The Morgan fingerprint density at radius 1 is 0.727 bits per heavy atom. The van der Waals surface area contributed by atoms with Crippen molar-refractivity contribution in [2.24, 2.45) is 35.5 Å². The first-order valence-electron chi connectivity index (χ1n) is 10.6. The van der Waals surface area contributed by atoms with Gasteiger partial charge in [0.25, 0.3) is 0 Å². The van der Waals surface area contributed by atoms with E-state index in [1.165, 1.54) is 7.05 Å². The normalized spacial score (nSPS) is 27.2. The number of carboxylic acid groups (broad SMARTS) is 2. The maximum Gasteiger partial charge on any atom is 0.307 e. The molecule has 6 atom stereocenters. The molecule has 0 radical (unpaired) electrons. The smallest absolute Gasteiger partial charge is 0.307 e. The maximum absolute atomic E-state index is 13.0. The van der Waals surface area contributed by atoms with Gasteiger partial charge in [-0.25, -0.2) is 0 Å². The van der Waals surface area contributed by atoms with E-state index in [0.29, 0.717) is 17.2 Å². The first-order valence-corrected chi connectivity index (χ1v) is 10.6. The Hall–Kier alpha value is -3.88. The minimum atomic E-state index is -1.24. The maximum atomic E-state index is 13.0. The molecule has 0 saturated heterocycles. The molecule has 0 aromatic heterocycles. The molecule has 4 rings (SSSR count). The number of aryl methyl sites for hydroxylation is 1. The van der Waals surface area contributed by atoms with Gasteiger partial charge in [-0.1, -0.05) is 17.7 Å². The third-order valence-corrected chi connectivity index (χ3v) is 6.68. The molecular weight excluding hydrogens is 428 g/mol. The fraction of sp³-hybridized carbons (Fsp3) is 0.333. The van der Waals surface area contributed by atoms with Crippen molar-refractivity contribution in [3.8, 4) is 11.5 Å². The number of amides is 2. The molecule has 2 saturated carbocycles. The van der Waals surface area contributed by atoms with E-state index in [9.17, 15) is 29.4 Å². The van der Waals surface area contributed by atoms with Crippen LogP contribution in [-0.4, -0.2) is 41.0 Å². The Kier molecular flexibility index (Phi) is 5.80. The van der Waals surface area contributed by atoms with Crippen LogP contribution in [0, 0.1) is 42.4 Å². The van der Waals surface area contributed by atoms with Crippen molar-refractivity contribution < 1.29 is 34.1 Å². The third kappa shape index (κ3) is 3.90. The van der Waals surface area contributed by atoms with Gasteiger partial charge in [0, 0.05) is 12.7 Å². The summed E-state index contributed by atoms with van der Waals surface area (Å²) in [5.74, 6) is -7.84. The zero-order chi connectivity index (χ0) is 23.9. The third-order valence-electron chi connectivity index (χ3n) is 6.68. The van der Waals surface area contributed by atoms with Crippen molar-refractivity contribution in [3.63, 3.8) is 0 Å². The molecule has 0 bridgehead atoms. The summed E-state index contributed by atoms with van der Waals surface area (Å²) in [4.78, 5) is 48.6. The minimum absolute atomic E-state index is 0.439. The van der Waals surface area contributed by atoms with E-state index in [2.05, 4.69) is 10.6 Å². The zero-order valence-electron chi connectivity index (χ0n) is 18.0. The lowest BCUT2D eigenvalue weighted by Gasteiger charge is -2.63. The molecule has 2 aromatic rings. The number of fused-ring (bicyclic) bond motifs is 1. The summed E-state index contributed by atoms with van der Waals surface area (Å²) in [6.07, 6.45) is 0. The number of hydrogen-bond acceptors (Lipinski definition) is 5. The summed E-state index contributed by atoms with van der Waals surface area (Å²) in [7, 11) is 1.39. The van der Waals surface area contributed by atoms with E-state index in [1.807, 2.05) is 31.2 Å². The summed E-state index contributed by atoms with van der Waals surface area (Å²) in [5.41, 5.74) is 1.55. The summed E-state index contributed by atoms with van der Waals surface area (Å²) >= 11 is 0. The van der Waals surface area contributed by atoms with Gasteiger partial charge in [0.2, 0.25) is 11.8 Å². The van der Waals surface area contributed by atoms with Crippen LogP contribution in [0.4, 0.5) is 5.69 Å². The molecule has 2 aliphatic rings. The van der Waals surface area contributed by atoms with Crippen LogP contribution in [-0.2, 0) is 19.2 Å². The van der Waals surface area contributed by atoms with E-state index in [-0.39, 0.29) is 0 Å². The number of hydrogen-bond donors (Lipinski definition) is 4. The van der Waals surface area contributed by atoms with E-state index >= 15 is 0 Å². The Bertz CT molecular complexity index is 1100. The molecule has 9 nitrogen and oxygen atoms in total. The van der Waals surface area contributed by atoms with E-state index in [1.54, 1.807) is 24.3 Å². The van der Waals surface area contributed by atoms with Gasteiger partial charge in [-0.2, -0.15) is 0 Å². The average Bonchev–Trinajstić information content (AvgIpc) is 2.75. The summed E-state index contributed by atoms with van der Waals surface area (Å²) < 4.78 is 5.76. The number of carboxylic acids is 2. The summed E-state index contributed by atoms with van der Waals surface area (Å²) in [5, 5.41) is 24.2. The number of benzene rings is 2. The minimum Gasteiger partial charge on any atom is -0.481 e. The van der Waals surface area contributed by atoms with Gasteiger partial charge in [0.15, 0.2) is 0 Å². The van der Waals surface area contributed by atoms with Crippen LogP contribution in [0.3, 0.4) is 0 Å². The van der Waals surface area contributed by atoms with Crippen molar-refractivity contribution >= 4 is 29.4 Å². The quantitative estimate of drug-likeness (QED) is 0.505. The Morgan fingerprint density at radius 3 is 1.67 bits per heavy atom. The Labute approximate surface area is 189 Å². The fourth-order valence-corrected chi connectivity index (χ4v) is 5.12. The van der Waals surface area contributed by atoms with Crippen molar-refractivity contribution in [2.45, 2.75) is 6.92 Å². The molecule has 2 aromatic carbocycles. The standard InChI is InChI=1S/C24H24N2O7/c1-11-3-7-13(8-4-11)33-14-9-5-12(6-10-14)26-22(28)18-15-16(20(18)24(31)32)19(23(29)30)17(15)21(27)25-2/h3-10,15-20H,1-2H3,(H,25,27)(H,26,28)(H,29,30)(H,31,32). The number of anilines is 1. The first-order chi connectivity index (χ1) is 15.7. The van der Waals surface area contributed by atoms with Gasteiger partial charge in [-0.15, -0.1) is 0 Å². The summed E-state index contributed by atoms with van der Waals surface area (Å²) in [6.45, 7) is 1.97. The summed E-state index contributed by atoms with van der Waals surface area (Å²) in [6, 6.07) is 14.1. The van der Waals surface area contributed by atoms with Gasteiger partial charge < -0.3 is 25.6 Å². The molecule has 0 heterocycles. The second kappa shape index (κ2) is 8.57. The van der Waals surface area contributed by atoms with Crippen LogP contribution in [0.25, 0.3) is 0 Å². The van der Waals surface area contributed by atoms with Crippen LogP contribution in [0.5, 0.6) is 11.5 Å². The Morgan fingerprint density at radius 2 is 1.18 bits per heavy atom. The number of carbonyl (C=O) groups excluding carboxylic acids is 2. The number of aliphatic carboxylic acids is 2. The van der Waals surface area contributed by atoms with E-state index < -0.39 is 59.3 Å². The lowest BCUT2D eigenvalue weighted by atomic mass is 9.37. The highest BCUT2D eigenvalue weighted by atomic mass is 16.5. The highest BCUT2D eigenvalue weighted by Crippen LogP contribution is 2.65.